The van der Waals surface area contributed by atoms with Gasteiger partial charge in [-0.05, 0) is 19.3 Å². The van der Waals surface area contributed by atoms with E-state index in [2.05, 4.69) is 20.8 Å². The normalized spacial score (nSPS) is 12.9. The molecule has 0 aliphatic heterocycles. The van der Waals surface area contributed by atoms with Gasteiger partial charge in [0.2, 0.25) is 0 Å². The Bertz CT molecular complexity index is 259. The highest BCUT2D eigenvalue weighted by Gasteiger charge is 2.38. The lowest BCUT2D eigenvalue weighted by atomic mass is 9.90. The van der Waals surface area contributed by atoms with Crippen molar-refractivity contribution in [2.24, 2.45) is 0 Å². The molecule has 0 rings (SSSR count). The van der Waals surface area contributed by atoms with Gasteiger partial charge >= 0.3 is 0 Å². The molecule has 0 aromatic rings. The SMILES string of the molecule is CCCCC(CCCC)(CCCC)S(C)(=O)=O. The minimum Gasteiger partial charge on any atom is -0.229 e. The molecular weight excluding hydrogens is 232 g/mol. The van der Waals surface area contributed by atoms with Crippen LogP contribution in [0.1, 0.15) is 78.6 Å². The molecular formula is C14H30O2S. The van der Waals surface area contributed by atoms with Gasteiger partial charge in [-0.25, -0.2) is 8.42 Å². The van der Waals surface area contributed by atoms with E-state index in [1.807, 2.05) is 0 Å². The van der Waals surface area contributed by atoms with Crippen LogP contribution in [0.2, 0.25) is 0 Å². The van der Waals surface area contributed by atoms with Crippen LogP contribution in [0.4, 0.5) is 0 Å². The number of sulfone groups is 1. The van der Waals surface area contributed by atoms with E-state index < -0.39 is 14.6 Å². The van der Waals surface area contributed by atoms with Crippen molar-refractivity contribution in [3.63, 3.8) is 0 Å². The molecule has 0 atom stereocenters. The first-order chi connectivity index (χ1) is 7.93. The van der Waals surface area contributed by atoms with E-state index in [4.69, 9.17) is 0 Å². The molecule has 0 spiro atoms. The van der Waals surface area contributed by atoms with Crippen LogP contribution < -0.4 is 0 Å². The van der Waals surface area contributed by atoms with Crippen LogP contribution in [0.3, 0.4) is 0 Å². The van der Waals surface area contributed by atoms with Gasteiger partial charge in [0, 0.05) is 6.26 Å². The van der Waals surface area contributed by atoms with Gasteiger partial charge in [-0.2, -0.15) is 0 Å². The minimum atomic E-state index is -2.94. The van der Waals surface area contributed by atoms with Crippen LogP contribution in [0.15, 0.2) is 0 Å². The molecule has 0 N–H and O–H groups in total. The lowest BCUT2D eigenvalue weighted by Gasteiger charge is -2.32. The van der Waals surface area contributed by atoms with Crippen LogP contribution in [-0.4, -0.2) is 19.4 Å². The second-order valence-electron chi connectivity index (χ2n) is 5.27. The maximum atomic E-state index is 12.2. The van der Waals surface area contributed by atoms with E-state index in [1.165, 1.54) is 6.26 Å². The lowest BCUT2D eigenvalue weighted by molar-refractivity contribution is 0.396. The van der Waals surface area contributed by atoms with Crippen molar-refractivity contribution in [3.8, 4) is 0 Å². The summed E-state index contributed by atoms with van der Waals surface area (Å²) in [4.78, 5) is 0. The first-order valence-electron chi connectivity index (χ1n) is 7.13. The van der Waals surface area contributed by atoms with E-state index in [9.17, 15) is 8.42 Å². The average Bonchev–Trinajstić information content (AvgIpc) is 2.27. The van der Waals surface area contributed by atoms with Crippen molar-refractivity contribution in [1.29, 1.82) is 0 Å². The molecule has 0 aromatic heterocycles. The first-order valence-corrected chi connectivity index (χ1v) is 9.02. The average molecular weight is 262 g/mol. The summed E-state index contributed by atoms with van der Waals surface area (Å²) in [7, 11) is -2.94. The molecule has 0 heterocycles. The molecule has 0 aliphatic carbocycles. The van der Waals surface area contributed by atoms with E-state index in [0.29, 0.717) is 0 Å². The van der Waals surface area contributed by atoms with Crippen molar-refractivity contribution in [2.45, 2.75) is 83.3 Å². The smallest absolute Gasteiger partial charge is 0.153 e. The Hall–Kier alpha value is -0.0500. The summed E-state index contributed by atoms with van der Waals surface area (Å²) in [6.07, 6.45) is 10.3. The van der Waals surface area contributed by atoms with Crippen molar-refractivity contribution in [2.75, 3.05) is 6.26 Å². The van der Waals surface area contributed by atoms with Crippen molar-refractivity contribution in [3.05, 3.63) is 0 Å². The predicted molar refractivity (Wildman–Crippen MR) is 76.1 cm³/mol. The minimum absolute atomic E-state index is 0.435. The van der Waals surface area contributed by atoms with Crippen molar-refractivity contribution in [1.82, 2.24) is 0 Å². The molecule has 0 aromatic carbocycles. The Morgan fingerprint density at radius 2 is 1.06 bits per heavy atom. The third kappa shape index (κ3) is 5.41. The fourth-order valence-corrected chi connectivity index (χ4v) is 3.97. The van der Waals surface area contributed by atoms with E-state index in [0.717, 1.165) is 57.8 Å². The molecule has 0 radical (unpaired) electrons. The molecule has 0 saturated heterocycles. The number of hydrogen-bond acceptors (Lipinski definition) is 2. The number of unbranched alkanes of at least 4 members (excludes halogenated alkanes) is 3. The summed E-state index contributed by atoms with van der Waals surface area (Å²) in [5.74, 6) is 0. The topological polar surface area (TPSA) is 34.1 Å². The highest BCUT2D eigenvalue weighted by Crippen LogP contribution is 2.35. The summed E-state index contributed by atoms with van der Waals surface area (Å²) in [6.45, 7) is 6.39. The second-order valence-corrected chi connectivity index (χ2v) is 7.68. The van der Waals surface area contributed by atoms with E-state index >= 15 is 0 Å². The summed E-state index contributed by atoms with van der Waals surface area (Å²) in [6, 6.07) is 0. The number of hydrogen-bond donors (Lipinski definition) is 0. The van der Waals surface area contributed by atoms with Gasteiger partial charge in [-0.3, -0.25) is 0 Å². The monoisotopic (exact) mass is 262 g/mol. The molecule has 104 valence electrons. The Labute approximate surface area is 108 Å². The molecule has 2 nitrogen and oxygen atoms in total. The molecule has 3 heteroatoms. The summed E-state index contributed by atoms with van der Waals surface area (Å²) in [5, 5.41) is 0. The first kappa shape index (κ1) is 16.9. The highest BCUT2D eigenvalue weighted by atomic mass is 32.2. The van der Waals surface area contributed by atoms with Gasteiger partial charge < -0.3 is 0 Å². The quantitative estimate of drug-likeness (QED) is 0.587. The lowest BCUT2D eigenvalue weighted by Crippen LogP contribution is -2.38. The van der Waals surface area contributed by atoms with Crippen LogP contribution >= 0.6 is 0 Å². The van der Waals surface area contributed by atoms with Gasteiger partial charge in [0.15, 0.2) is 9.84 Å². The third-order valence-corrected chi connectivity index (χ3v) is 5.93. The van der Waals surface area contributed by atoms with Gasteiger partial charge in [0.05, 0.1) is 4.75 Å². The largest absolute Gasteiger partial charge is 0.229 e. The fourth-order valence-electron chi connectivity index (χ4n) is 2.43. The van der Waals surface area contributed by atoms with Crippen LogP contribution in [0, 0.1) is 0 Å². The van der Waals surface area contributed by atoms with Crippen LogP contribution in [0.5, 0.6) is 0 Å². The zero-order chi connectivity index (χ0) is 13.4. The van der Waals surface area contributed by atoms with Crippen LogP contribution in [0.25, 0.3) is 0 Å². The van der Waals surface area contributed by atoms with E-state index in [1.54, 1.807) is 0 Å². The summed E-state index contributed by atoms with van der Waals surface area (Å²) < 4.78 is 23.9. The van der Waals surface area contributed by atoms with E-state index in [-0.39, 0.29) is 0 Å². The Morgan fingerprint density at radius 3 is 1.24 bits per heavy atom. The zero-order valence-electron chi connectivity index (χ0n) is 12.1. The Kier molecular flexibility index (Phi) is 8.10. The molecule has 0 unspecified atom stereocenters. The maximum absolute atomic E-state index is 12.2. The fraction of sp³-hybridized carbons (Fsp3) is 1.00. The van der Waals surface area contributed by atoms with Gasteiger partial charge in [-0.1, -0.05) is 59.3 Å². The Morgan fingerprint density at radius 1 is 0.765 bits per heavy atom. The zero-order valence-corrected chi connectivity index (χ0v) is 12.9. The van der Waals surface area contributed by atoms with Gasteiger partial charge in [0.25, 0.3) is 0 Å². The third-order valence-electron chi connectivity index (χ3n) is 3.74. The molecule has 0 aliphatic rings. The highest BCUT2D eigenvalue weighted by molar-refractivity contribution is 7.92. The van der Waals surface area contributed by atoms with Gasteiger partial charge in [-0.15, -0.1) is 0 Å². The van der Waals surface area contributed by atoms with Gasteiger partial charge in [0.1, 0.15) is 0 Å². The predicted octanol–water partition coefficient (Wildman–Crippen LogP) is 4.34. The Balaban J connectivity index is 4.92. The standard InChI is InChI=1S/C14H30O2S/c1-5-8-11-14(12-9-6-2,13-10-7-3)17(4,15)16/h5-13H2,1-4H3. The van der Waals surface area contributed by atoms with Crippen molar-refractivity contribution < 1.29 is 8.42 Å². The molecule has 0 fully saturated rings. The van der Waals surface area contributed by atoms with Crippen molar-refractivity contribution >= 4 is 9.84 Å². The maximum Gasteiger partial charge on any atom is 0.153 e. The molecule has 17 heavy (non-hydrogen) atoms. The molecule has 0 saturated carbocycles. The second kappa shape index (κ2) is 8.12. The summed E-state index contributed by atoms with van der Waals surface area (Å²) in [5.41, 5.74) is 0. The molecule has 0 amide bonds. The number of rotatable bonds is 10. The molecule has 0 bridgehead atoms. The summed E-state index contributed by atoms with van der Waals surface area (Å²) >= 11 is 0. The van der Waals surface area contributed by atoms with Crippen LogP contribution in [-0.2, 0) is 9.84 Å².